The third kappa shape index (κ3) is 3.30. The molecule has 0 radical (unpaired) electrons. The van der Waals surface area contributed by atoms with E-state index >= 15 is 0 Å². The fourth-order valence-corrected chi connectivity index (χ4v) is 4.74. The highest BCUT2D eigenvalue weighted by Crippen LogP contribution is 2.36. The fourth-order valence-electron chi connectivity index (χ4n) is 3.06. The van der Waals surface area contributed by atoms with Crippen molar-refractivity contribution in [3.8, 4) is 5.75 Å². The molecule has 1 aliphatic heterocycles. The number of hydrogen-bond acceptors (Lipinski definition) is 3. The van der Waals surface area contributed by atoms with Crippen LogP contribution in [-0.4, -0.2) is 25.9 Å². The molecule has 24 heavy (non-hydrogen) atoms. The predicted molar refractivity (Wildman–Crippen MR) is 89.9 cm³/mol. The van der Waals surface area contributed by atoms with Gasteiger partial charge in [-0.3, -0.25) is 0 Å². The maximum absolute atomic E-state index is 13.1. The van der Waals surface area contributed by atoms with Gasteiger partial charge < -0.3 is 4.74 Å². The largest absolute Gasteiger partial charge is 0.494 e. The van der Waals surface area contributed by atoms with Crippen molar-refractivity contribution in [2.45, 2.75) is 30.7 Å². The van der Waals surface area contributed by atoms with Crippen molar-refractivity contribution in [1.82, 2.24) is 4.31 Å². The van der Waals surface area contributed by atoms with E-state index in [1.54, 1.807) is 36.4 Å². The van der Waals surface area contributed by atoms with Crippen molar-refractivity contribution in [3.63, 3.8) is 0 Å². The molecule has 0 N–H and O–H groups in total. The quantitative estimate of drug-likeness (QED) is 0.826. The number of hydrogen-bond donors (Lipinski definition) is 0. The summed E-state index contributed by atoms with van der Waals surface area (Å²) in [6.07, 6.45) is 1.53. The minimum atomic E-state index is -3.59. The van der Waals surface area contributed by atoms with E-state index in [1.807, 2.05) is 6.92 Å². The number of ether oxygens (including phenoxy) is 1. The van der Waals surface area contributed by atoms with Gasteiger partial charge in [0, 0.05) is 6.54 Å². The average molecular weight is 349 g/mol. The van der Waals surface area contributed by atoms with Crippen LogP contribution in [0, 0.1) is 5.82 Å². The summed E-state index contributed by atoms with van der Waals surface area (Å²) < 4.78 is 45.9. The predicted octanol–water partition coefficient (Wildman–Crippen LogP) is 3.75. The van der Waals surface area contributed by atoms with Crippen LogP contribution in [-0.2, 0) is 10.0 Å². The molecule has 0 bridgehead atoms. The average Bonchev–Trinajstić information content (AvgIpc) is 3.07. The van der Waals surface area contributed by atoms with Crippen LogP contribution in [0.5, 0.6) is 5.75 Å². The fraction of sp³-hybridized carbons (Fsp3) is 0.333. The lowest BCUT2D eigenvalue weighted by molar-refractivity contribution is 0.340. The molecule has 0 aromatic heterocycles. The minimum absolute atomic E-state index is 0.248. The molecule has 128 valence electrons. The Morgan fingerprint density at radius 2 is 1.79 bits per heavy atom. The van der Waals surface area contributed by atoms with Crippen molar-refractivity contribution in [2.75, 3.05) is 13.2 Å². The van der Waals surface area contributed by atoms with E-state index in [0.717, 1.165) is 18.4 Å². The van der Waals surface area contributed by atoms with Gasteiger partial charge in [0.15, 0.2) is 0 Å². The lowest BCUT2D eigenvalue weighted by atomic mass is 10.1. The van der Waals surface area contributed by atoms with Gasteiger partial charge in [-0.25, -0.2) is 12.8 Å². The molecule has 1 fully saturated rings. The van der Waals surface area contributed by atoms with Gasteiger partial charge in [-0.15, -0.1) is 0 Å². The molecular formula is C18H20FNO3S. The van der Waals surface area contributed by atoms with Crippen molar-refractivity contribution in [2.24, 2.45) is 0 Å². The molecule has 0 aliphatic carbocycles. The highest BCUT2D eigenvalue weighted by atomic mass is 32.2. The number of nitrogens with zero attached hydrogens (tertiary/aromatic N) is 1. The molecule has 1 heterocycles. The van der Waals surface area contributed by atoms with E-state index in [1.165, 1.54) is 16.4 Å². The van der Waals surface area contributed by atoms with Crippen LogP contribution >= 0.6 is 0 Å². The first kappa shape index (κ1) is 16.9. The van der Waals surface area contributed by atoms with Gasteiger partial charge in [-0.1, -0.05) is 12.1 Å². The van der Waals surface area contributed by atoms with Gasteiger partial charge in [0.25, 0.3) is 0 Å². The molecule has 2 aromatic rings. The van der Waals surface area contributed by atoms with Crippen LogP contribution in [0.1, 0.15) is 31.4 Å². The van der Waals surface area contributed by atoms with Gasteiger partial charge in [0.1, 0.15) is 11.6 Å². The second kappa shape index (κ2) is 6.91. The molecule has 0 saturated carbocycles. The first-order chi connectivity index (χ1) is 11.5. The second-order valence-corrected chi connectivity index (χ2v) is 7.62. The van der Waals surface area contributed by atoms with Crippen molar-refractivity contribution in [3.05, 3.63) is 59.9 Å². The number of benzene rings is 2. The van der Waals surface area contributed by atoms with Crippen LogP contribution in [0.3, 0.4) is 0 Å². The van der Waals surface area contributed by atoms with E-state index in [-0.39, 0.29) is 16.8 Å². The van der Waals surface area contributed by atoms with Crippen LogP contribution in [0.2, 0.25) is 0 Å². The molecular weight excluding hydrogens is 329 g/mol. The Morgan fingerprint density at radius 3 is 2.42 bits per heavy atom. The molecule has 3 rings (SSSR count). The summed E-state index contributed by atoms with van der Waals surface area (Å²) in [6.45, 7) is 2.88. The highest BCUT2D eigenvalue weighted by molar-refractivity contribution is 7.89. The summed E-state index contributed by atoms with van der Waals surface area (Å²) in [7, 11) is -3.59. The molecule has 6 heteroatoms. The monoisotopic (exact) mass is 349 g/mol. The summed E-state index contributed by atoms with van der Waals surface area (Å²) in [6, 6.07) is 12.3. The zero-order valence-corrected chi connectivity index (χ0v) is 14.3. The van der Waals surface area contributed by atoms with Crippen molar-refractivity contribution < 1.29 is 17.5 Å². The molecule has 0 unspecified atom stereocenters. The highest BCUT2D eigenvalue weighted by Gasteiger charge is 2.36. The van der Waals surface area contributed by atoms with Crippen LogP contribution < -0.4 is 4.74 Å². The summed E-state index contributed by atoms with van der Waals surface area (Å²) in [4.78, 5) is 0.250. The summed E-state index contributed by atoms with van der Waals surface area (Å²) in [5, 5.41) is 0. The van der Waals surface area contributed by atoms with E-state index in [4.69, 9.17) is 4.74 Å². The van der Waals surface area contributed by atoms with Crippen LogP contribution in [0.4, 0.5) is 4.39 Å². The Bertz CT molecular complexity index is 788. The summed E-state index contributed by atoms with van der Waals surface area (Å²) in [5.74, 6) is 0.325. The van der Waals surface area contributed by atoms with E-state index in [0.29, 0.717) is 18.9 Å². The number of rotatable bonds is 5. The molecule has 1 atom stereocenters. The topological polar surface area (TPSA) is 46.6 Å². The van der Waals surface area contributed by atoms with Crippen LogP contribution in [0.15, 0.2) is 53.4 Å². The third-order valence-corrected chi connectivity index (χ3v) is 6.12. The van der Waals surface area contributed by atoms with Gasteiger partial charge in [-0.2, -0.15) is 4.31 Å². The minimum Gasteiger partial charge on any atom is -0.494 e. The smallest absolute Gasteiger partial charge is 0.243 e. The first-order valence-electron chi connectivity index (χ1n) is 8.02. The lowest BCUT2D eigenvalue weighted by Crippen LogP contribution is -2.30. The van der Waals surface area contributed by atoms with E-state index < -0.39 is 10.0 Å². The van der Waals surface area contributed by atoms with Gasteiger partial charge in [0.05, 0.1) is 17.5 Å². The lowest BCUT2D eigenvalue weighted by Gasteiger charge is -2.24. The normalized spacial score (nSPS) is 18.7. The zero-order chi connectivity index (χ0) is 17.2. The molecule has 1 aliphatic rings. The Labute approximate surface area is 141 Å². The van der Waals surface area contributed by atoms with Gasteiger partial charge >= 0.3 is 0 Å². The van der Waals surface area contributed by atoms with E-state index in [2.05, 4.69) is 0 Å². The Morgan fingerprint density at radius 1 is 1.12 bits per heavy atom. The zero-order valence-electron chi connectivity index (χ0n) is 13.5. The molecule has 1 saturated heterocycles. The maximum Gasteiger partial charge on any atom is 0.243 e. The first-order valence-corrected chi connectivity index (χ1v) is 9.46. The second-order valence-electron chi connectivity index (χ2n) is 5.73. The summed E-state index contributed by atoms with van der Waals surface area (Å²) in [5.41, 5.74) is 0.823. The van der Waals surface area contributed by atoms with Gasteiger partial charge in [0.2, 0.25) is 10.0 Å². The maximum atomic E-state index is 13.1. The summed E-state index contributed by atoms with van der Waals surface area (Å²) >= 11 is 0. The van der Waals surface area contributed by atoms with Gasteiger partial charge in [-0.05, 0) is 61.7 Å². The number of halogens is 1. The van der Waals surface area contributed by atoms with Crippen molar-refractivity contribution >= 4 is 10.0 Å². The molecule has 0 spiro atoms. The Balaban J connectivity index is 1.88. The van der Waals surface area contributed by atoms with Crippen molar-refractivity contribution in [1.29, 1.82) is 0 Å². The number of sulfonamides is 1. The SMILES string of the molecule is CCOc1ccc(S(=O)(=O)N2CCC[C@H]2c2ccc(F)cc2)cc1. The Hall–Kier alpha value is -1.92. The third-order valence-electron chi connectivity index (χ3n) is 4.20. The van der Waals surface area contributed by atoms with Crippen LogP contribution in [0.25, 0.3) is 0 Å². The molecule has 4 nitrogen and oxygen atoms in total. The standard InChI is InChI=1S/C18H20FNO3S/c1-2-23-16-9-11-17(12-10-16)24(21,22)20-13-3-4-18(20)14-5-7-15(19)8-6-14/h5-12,18H,2-4,13H2,1H3/t18-/m0/s1. The van der Waals surface area contributed by atoms with E-state index in [9.17, 15) is 12.8 Å². The Kier molecular flexibility index (Phi) is 4.87. The molecule has 2 aromatic carbocycles. The molecule has 0 amide bonds.